The molecule has 0 bridgehead atoms. The largest absolute Gasteiger partial charge is 0.454 e. The van der Waals surface area contributed by atoms with E-state index in [4.69, 9.17) is 9.47 Å². The van der Waals surface area contributed by atoms with Gasteiger partial charge in [-0.3, -0.25) is 4.90 Å². The first kappa shape index (κ1) is 18.7. The zero-order valence-corrected chi connectivity index (χ0v) is 16.0. The van der Waals surface area contributed by atoms with Crippen LogP contribution in [-0.2, 0) is 13.1 Å². The first-order valence-electron chi connectivity index (χ1n) is 9.40. The Balaban J connectivity index is 1.77. The molecule has 0 unspecified atom stereocenters. The summed E-state index contributed by atoms with van der Waals surface area (Å²) in [5, 5.41) is 10.4. The molecule has 0 saturated heterocycles. The van der Waals surface area contributed by atoms with E-state index in [0.717, 1.165) is 37.4 Å². The zero-order chi connectivity index (χ0) is 18.5. The van der Waals surface area contributed by atoms with Gasteiger partial charge in [0.25, 0.3) is 0 Å². The van der Waals surface area contributed by atoms with Crippen molar-refractivity contribution in [2.24, 2.45) is 0 Å². The minimum atomic E-state index is -0.306. The van der Waals surface area contributed by atoms with E-state index < -0.39 is 0 Å². The maximum Gasteiger partial charge on any atom is 0.231 e. The van der Waals surface area contributed by atoms with Crippen LogP contribution in [0.25, 0.3) is 0 Å². The van der Waals surface area contributed by atoms with Crippen LogP contribution in [0.5, 0.6) is 11.5 Å². The van der Waals surface area contributed by atoms with Gasteiger partial charge in [-0.15, -0.1) is 0 Å². The van der Waals surface area contributed by atoms with Crippen molar-refractivity contribution >= 4 is 0 Å². The molecule has 26 heavy (non-hydrogen) atoms. The molecule has 0 spiro atoms. The molecule has 1 N–H and O–H groups in total. The van der Waals surface area contributed by atoms with Gasteiger partial charge in [0.1, 0.15) is 0 Å². The lowest BCUT2D eigenvalue weighted by atomic mass is 10.0. The van der Waals surface area contributed by atoms with Crippen molar-refractivity contribution in [2.75, 3.05) is 13.3 Å². The Morgan fingerprint density at radius 2 is 1.85 bits per heavy atom. The molecular weight excluding hydrogens is 326 g/mol. The van der Waals surface area contributed by atoms with Crippen LogP contribution < -0.4 is 9.47 Å². The summed E-state index contributed by atoms with van der Waals surface area (Å²) < 4.78 is 10.9. The minimum Gasteiger partial charge on any atom is -0.454 e. The fourth-order valence-electron chi connectivity index (χ4n) is 3.42. The fourth-order valence-corrected chi connectivity index (χ4v) is 3.42. The Labute approximate surface area is 156 Å². The standard InChI is InChI=1S/C22H29NO3/c1-4-5-20(24)14-23(13-19-10-16(2)6-7-17(19)3)12-18-8-9-21-22(11-18)26-15-25-21/h6-11,20,24H,4-5,12-15H2,1-3H3/t20-/m1/s1. The molecule has 1 atom stereocenters. The van der Waals surface area contributed by atoms with Gasteiger partial charge >= 0.3 is 0 Å². The summed E-state index contributed by atoms with van der Waals surface area (Å²) in [5.74, 6) is 1.61. The topological polar surface area (TPSA) is 41.9 Å². The van der Waals surface area contributed by atoms with Gasteiger partial charge in [0, 0.05) is 19.6 Å². The Kier molecular flexibility index (Phi) is 6.17. The Morgan fingerprint density at radius 1 is 1.04 bits per heavy atom. The van der Waals surface area contributed by atoms with Crippen LogP contribution in [0.4, 0.5) is 0 Å². The second-order valence-corrected chi connectivity index (χ2v) is 7.23. The van der Waals surface area contributed by atoms with Crippen LogP contribution in [-0.4, -0.2) is 29.4 Å². The number of aliphatic hydroxyl groups excluding tert-OH is 1. The Morgan fingerprint density at radius 3 is 2.65 bits per heavy atom. The molecule has 4 nitrogen and oxygen atoms in total. The average molecular weight is 355 g/mol. The van der Waals surface area contributed by atoms with Crippen LogP contribution in [0.15, 0.2) is 36.4 Å². The third kappa shape index (κ3) is 4.77. The smallest absolute Gasteiger partial charge is 0.231 e. The number of benzene rings is 2. The molecule has 2 aromatic rings. The van der Waals surface area contributed by atoms with Gasteiger partial charge < -0.3 is 14.6 Å². The number of hydrogen-bond donors (Lipinski definition) is 1. The number of fused-ring (bicyclic) bond motifs is 1. The molecule has 4 heteroatoms. The van der Waals surface area contributed by atoms with Crippen LogP contribution in [0, 0.1) is 13.8 Å². The zero-order valence-electron chi connectivity index (χ0n) is 16.0. The maximum absolute atomic E-state index is 10.4. The van der Waals surface area contributed by atoms with Crippen molar-refractivity contribution in [3.63, 3.8) is 0 Å². The van der Waals surface area contributed by atoms with Crippen molar-refractivity contribution < 1.29 is 14.6 Å². The van der Waals surface area contributed by atoms with Gasteiger partial charge in [0.2, 0.25) is 6.79 Å². The van der Waals surface area contributed by atoms with Gasteiger partial charge in [-0.1, -0.05) is 43.2 Å². The number of aryl methyl sites for hydroxylation is 2. The number of aliphatic hydroxyl groups is 1. The summed E-state index contributed by atoms with van der Waals surface area (Å²) in [5.41, 5.74) is 5.04. The predicted molar refractivity (Wildman–Crippen MR) is 104 cm³/mol. The highest BCUT2D eigenvalue weighted by Gasteiger charge is 2.17. The van der Waals surface area contributed by atoms with Gasteiger partial charge in [-0.25, -0.2) is 0 Å². The van der Waals surface area contributed by atoms with Crippen molar-refractivity contribution in [1.82, 2.24) is 4.90 Å². The molecule has 2 aromatic carbocycles. The molecule has 0 aliphatic carbocycles. The van der Waals surface area contributed by atoms with Gasteiger partial charge in [-0.2, -0.15) is 0 Å². The van der Waals surface area contributed by atoms with Crippen molar-refractivity contribution in [1.29, 1.82) is 0 Å². The molecular formula is C22H29NO3. The van der Waals surface area contributed by atoms with Crippen molar-refractivity contribution in [3.05, 3.63) is 58.7 Å². The summed E-state index contributed by atoms with van der Waals surface area (Å²) in [6.07, 6.45) is 1.51. The second-order valence-electron chi connectivity index (χ2n) is 7.23. The van der Waals surface area contributed by atoms with Crippen molar-refractivity contribution in [3.8, 4) is 11.5 Å². The number of hydrogen-bond acceptors (Lipinski definition) is 4. The summed E-state index contributed by atoms with van der Waals surface area (Å²) in [4.78, 5) is 2.32. The lowest BCUT2D eigenvalue weighted by Gasteiger charge is -2.26. The second kappa shape index (κ2) is 8.56. The molecule has 0 amide bonds. The molecule has 3 rings (SSSR count). The number of nitrogens with zero attached hydrogens (tertiary/aromatic N) is 1. The maximum atomic E-state index is 10.4. The van der Waals surface area contributed by atoms with Gasteiger partial charge in [0.05, 0.1) is 6.10 Å². The normalized spacial score (nSPS) is 14.0. The SMILES string of the molecule is CCC[C@@H](O)CN(Cc1ccc2c(c1)OCO2)Cc1cc(C)ccc1C. The van der Waals surface area contributed by atoms with E-state index >= 15 is 0 Å². The fraction of sp³-hybridized carbons (Fsp3) is 0.455. The monoisotopic (exact) mass is 355 g/mol. The predicted octanol–water partition coefficient (Wildman–Crippen LogP) is 4.20. The summed E-state index contributed by atoms with van der Waals surface area (Å²) in [6, 6.07) is 12.7. The van der Waals surface area contributed by atoms with E-state index in [1.807, 2.05) is 12.1 Å². The summed E-state index contributed by atoms with van der Waals surface area (Å²) in [7, 11) is 0. The average Bonchev–Trinajstić information content (AvgIpc) is 3.06. The molecule has 1 aliphatic rings. The summed E-state index contributed by atoms with van der Waals surface area (Å²) >= 11 is 0. The van der Waals surface area contributed by atoms with E-state index in [2.05, 4.69) is 49.9 Å². The number of ether oxygens (including phenoxy) is 2. The number of rotatable bonds is 8. The van der Waals surface area contributed by atoms with Crippen LogP contribution in [0.2, 0.25) is 0 Å². The molecule has 1 heterocycles. The third-order valence-corrected chi connectivity index (χ3v) is 4.83. The highest BCUT2D eigenvalue weighted by atomic mass is 16.7. The third-order valence-electron chi connectivity index (χ3n) is 4.83. The molecule has 0 radical (unpaired) electrons. The van der Waals surface area contributed by atoms with Gasteiger partial charge in [-0.05, 0) is 49.1 Å². The Hall–Kier alpha value is -2.04. The first-order chi connectivity index (χ1) is 12.5. The molecule has 0 fully saturated rings. The van der Waals surface area contributed by atoms with E-state index in [0.29, 0.717) is 13.3 Å². The minimum absolute atomic E-state index is 0.292. The van der Waals surface area contributed by atoms with E-state index in [9.17, 15) is 5.11 Å². The highest BCUT2D eigenvalue weighted by molar-refractivity contribution is 5.44. The van der Waals surface area contributed by atoms with Crippen molar-refractivity contribution in [2.45, 2.75) is 52.8 Å². The van der Waals surface area contributed by atoms with E-state index in [-0.39, 0.29) is 6.10 Å². The highest BCUT2D eigenvalue weighted by Crippen LogP contribution is 2.33. The Bertz CT molecular complexity index is 744. The molecule has 0 aromatic heterocycles. The van der Waals surface area contributed by atoms with Gasteiger partial charge in [0.15, 0.2) is 11.5 Å². The lowest BCUT2D eigenvalue weighted by Crippen LogP contribution is -2.32. The van der Waals surface area contributed by atoms with Crippen LogP contribution in [0.1, 0.15) is 42.0 Å². The van der Waals surface area contributed by atoms with E-state index in [1.165, 1.54) is 22.3 Å². The van der Waals surface area contributed by atoms with Crippen LogP contribution in [0.3, 0.4) is 0 Å². The molecule has 1 aliphatic heterocycles. The quantitative estimate of drug-likeness (QED) is 0.771. The lowest BCUT2D eigenvalue weighted by molar-refractivity contribution is 0.0969. The molecule has 140 valence electrons. The molecule has 0 saturated carbocycles. The van der Waals surface area contributed by atoms with E-state index in [1.54, 1.807) is 0 Å². The van der Waals surface area contributed by atoms with Crippen LogP contribution >= 0.6 is 0 Å². The first-order valence-corrected chi connectivity index (χ1v) is 9.40. The summed E-state index contributed by atoms with van der Waals surface area (Å²) in [6.45, 7) is 8.92.